The average molecular weight is 327 g/mol. The monoisotopic (exact) mass is 326 g/mol. The second-order valence-corrected chi connectivity index (χ2v) is 13.4. The van der Waals surface area contributed by atoms with Crippen molar-refractivity contribution in [2.75, 3.05) is 0 Å². The van der Waals surface area contributed by atoms with Crippen LogP contribution in [0.4, 0.5) is 0 Å². The maximum atomic E-state index is 2.45. The van der Waals surface area contributed by atoms with Crippen LogP contribution in [-0.4, -0.2) is 8.07 Å². The van der Waals surface area contributed by atoms with Crippen LogP contribution in [0.2, 0.25) is 19.6 Å². The van der Waals surface area contributed by atoms with Crippen molar-refractivity contribution in [2.24, 2.45) is 13.0 Å². The molecule has 1 nitrogen and oxygen atoms in total. The molecule has 1 aromatic carbocycles. The van der Waals surface area contributed by atoms with Crippen molar-refractivity contribution in [3.8, 4) is 11.3 Å². The molecule has 0 bridgehead atoms. The molecule has 1 aromatic heterocycles. The summed E-state index contributed by atoms with van der Waals surface area (Å²) >= 11 is 0. The number of nitrogens with zero attached hydrogens (tertiary/aromatic N) is 1. The number of benzene rings is 1. The van der Waals surface area contributed by atoms with E-state index in [4.69, 9.17) is 0 Å². The van der Waals surface area contributed by atoms with Gasteiger partial charge in [-0.2, -0.15) is 0 Å². The Bertz CT molecular complexity index is 709. The summed E-state index contributed by atoms with van der Waals surface area (Å²) in [6.45, 7) is 16.3. The van der Waals surface area contributed by atoms with Gasteiger partial charge in [0.1, 0.15) is 7.05 Å². The Hall–Kier alpha value is -1.41. The van der Waals surface area contributed by atoms with Crippen LogP contribution >= 0.6 is 0 Å². The summed E-state index contributed by atoms with van der Waals surface area (Å²) in [5.74, 6) is 0.690. The van der Waals surface area contributed by atoms with Gasteiger partial charge in [0.05, 0.1) is 8.07 Å². The van der Waals surface area contributed by atoms with Gasteiger partial charge in [-0.1, -0.05) is 45.6 Å². The molecular weight excluding hydrogens is 294 g/mol. The maximum Gasteiger partial charge on any atom is 0.212 e. The molecule has 2 heteroatoms. The van der Waals surface area contributed by atoms with Gasteiger partial charge in [-0.05, 0) is 48.6 Å². The molecule has 0 aliphatic heterocycles. The lowest BCUT2D eigenvalue weighted by atomic mass is 9.96. The second kappa shape index (κ2) is 6.60. The lowest BCUT2D eigenvalue weighted by Gasteiger charge is -2.19. The van der Waals surface area contributed by atoms with E-state index in [0.29, 0.717) is 5.92 Å². The van der Waals surface area contributed by atoms with Crippen molar-refractivity contribution in [3.05, 3.63) is 47.2 Å². The summed E-state index contributed by atoms with van der Waals surface area (Å²) in [6, 6.07) is 9.41. The number of hydrogen-bond donors (Lipinski definition) is 0. The molecular formula is C21H32NSi+. The van der Waals surface area contributed by atoms with E-state index in [2.05, 4.69) is 89.4 Å². The first kappa shape index (κ1) is 17.9. The molecule has 1 heterocycles. The zero-order valence-electron chi connectivity index (χ0n) is 16.1. The molecule has 0 saturated heterocycles. The number of aryl methyl sites for hydroxylation is 3. The minimum Gasteiger partial charge on any atom is -0.201 e. The Labute approximate surface area is 143 Å². The van der Waals surface area contributed by atoms with Crippen molar-refractivity contribution in [3.63, 3.8) is 0 Å². The van der Waals surface area contributed by atoms with Gasteiger partial charge in [0.15, 0.2) is 6.20 Å². The molecule has 2 aromatic rings. The molecule has 0 radical (unpaired) electrons. The third kappa shape index (κ3) is 4.11. The van der Waals surface area contributed by atoms with Gasteiger partial charge >= 0.3 is 0 Å². The third-order valence-corrected chi connectivity index (χ3v) is 6.66. The summed E-state index contributed by atoms with van der Waals surface area (Å²) < 4.78 is 2.29. The zero-order chi connectivity index (χ0) is 17.4. The van der Waals surface area contributed by atoms with Gasteiger partial charge in [-0.25, -0.2) is 4.57 Å². The molecule has 0 fully saturated rings. The van der Waals surface area contributed by atoms with Crippen LogP contribution in [0.15, 0.2) is 30.5 Å². The first-order valence-electron chi connectivity index (χ1n) is 8.70. The molecule has 0 amide bonds. The maximum absolute atomic E-state index is 2.45. The van der Waals surface area contributed by atoms with Gasteiger partial charge in [0.25, 0.3) is 0 Å². The van der Waals surface area contributed by atoms with E-state index in [1.165, 1.54) is 27.9 Å². The molecule has 0 unspecified atom stereocenters. The van der Waals surface area contributed by atoms with E-state index < -0.39 is 8.07 Å². The van der Waals surface area contributed by atoms with Crippen molar-refractivity contribution >= 4 is 13.3 Å². The van der Waals surface area contributed by atoms with E-state index in [-0.39, 0.29) is 0 Å². The van der Waals surface area contributed by atoms with E-state index in [1.807, 2.05) is 0 Å². The number of aromatic nitrogens is 1. The first-order chi connectivity index (χ1) is 10.6. The van der Waals surface area contributed by atoms with E-state index >= 15 is 0 Å². The zero-order valence-corrected chi connectivity index (χ0v) is 17.1. The summed E-state index contributed by atoms with van der Waals surface area (Å²) in [4.78, 5) is 0. The molecule has 124 valence electrons. The fraction of sp³-hybridized carbons (Fsp3) is 0.476. The highest BCUT2D eigenvalue weighted by Crippen LogP contribution is 2.23. The second-order valence-electron chi connectivity index (χ2n) is 8.36. The molecule has 2 rings (SSSR count). The highest BCUT2D eigenvalue weighted by molar-refractivity contribution is 6.89. The average Bonchev–Trinajstić information content (AvgIpc) is 2.39. The standard InChI is InChI=1S/C21H32NSi/c1-15(2)11-18-10-9-16(3)19(12-18)20-13-21(23(6,7)8)17(4)14-22(20)5/h9-10,12-15H,11H2,1-8H3/q+1. The summed E-state index contributed by atoms with van der Waals surface area (Å²) in [5.41, 5.74) is 6.95. The third-order valence-electron chi connectivity index (χ3n) is 4.50. The molecule has 0 aliphatic carbocycles. The Morgan fingerprint density at radius 3 is 2.22 bits per heavy atom. The van der Waals surface area contributed by atoms with Gasteiger partial charge in [0.2, 0.25) is 5.69 Å². The van der Waals surface area contributed by atoms with Crippen LogP contribution in [0.1, 0.15) is 30.5 Å². The highest BCUT2D eigenvalue weighted by Gasteiger charge is 2.24. The Balaban J connectivity index is 2.62. The van der Waals surface area contributed by atoms with Crippen LogP contribution in [0.3, 0.4) is 0 Å². The molecule has 0 atom stereocenters. The lowest BCUT2D eigenvalue weighted by molar-refractivity contribution is -0.660. The van der Waals surface area contributed by atoms with Crippen LogP contribution in [0, 0.1) is 19.8 Å². The van der Waals surface area contributed by atoms with Gasteiger partial charge in [0, 0.05) is 17.2 Å². The fourth-order valence-corrected chi connectivity index (χ4v) is 5.22. The van der Waals surface area contributed by atoms with Crippen LogP contribution < -0.4 is 9.75 Å². The number of rotatable bonds is 4. The predicted octanol–water partition coefficient (Wildman–Crippen LogP) is 4.54. The van der Waals surface area contributed by atoms with Crippen molar-refractivity contribution in [2.45, 2.75) is 53.8 Å². The minimum absolute atomic E-state index is 0.690. The topological polar surface area (TPSA) is 3.88 Å². The summed E-state index contributed by atoms with van der Waals surface area (Å²) in [6.07, 6.45) is 3.45. The van der Waals surface area contributed by atoms with Crippen LogP contribution in [0.5, 0.6) is 0 Å². The van der Waals surface area contributed by atoms with Crippen LogP contribution in [0.25, 0.3) is 11.3 Å². The van der Waals surface area contributed by atoms with Crippen LogP contribution in [-0.2, 0) is 13.5 Å². The highest BCUT2D eigenvalue weighted by atomic mass is 28.3. The molecule has 0 aliphatic rings. The van der Waals surface area contributed by atoms with Gasteiger partial charge < -0.3 is 0 Å². The Kier molecular flexibility index (Phi) is 5.15. The first-order valence-corrected chi connectivity index (χ1v) is 12.2. The Morgan fingerprint density at radius 1 is 1.00 bits per heavy atom. The largest absolute Gasteiger partial charge is 0.212 e. The predicted molar refractivity (Wildman–Crippen MR) is 104 cm³/mol. The molecule has 0 N–H and O–H groups in total. The van der Waals surface area contributed by atoms with E-state index in [9.17, 15) is 0 Å². The summed E-state index contributed by atoms with van der Waals surface area (Å²) in [5, 5.41) is 1.57. The summed E-state index contributed by atoms with van der Waals surface area (Å²) in [7, 11) is 0.836. The lowest BCUT2D eigenvalue weighted by Crippen LogP contribution is -2.44. The number of pyridine rings is 1. The molecule has 0 spiro atoms. The molecule has 0 saturated carbocycles. The van der Waals surface area contributed by atoms with E-state index in [0.717, 1.165) is 6.42 Å². The number of hydrogen-bond acceptors (Lipinski definition) is 0. The molecule has 23 heavy (non-hydrogen) atoms. The Morgan fingerprint density at radius 2 is 1.65 bits per heavy atom. The van der Waals surface area contributed by atoms with Crippen molar-refractivity contribution in [1.29, 1.82) is 0 Å². The van der Waals surface area contributed by atoms with E-state index in [1.54, 1.807) is 5.19 Å². The minimum atomic E-state index is -1.34. The van der Waals surface area contributed by atoms with Crippen molar-refractivity contribution in [1.82, 2.24) is 0 Å². The fourth-order valence-electron chi connectivity index (χ4n) is 3.40. The van der Waals surface area contributed by atoms with Gasteiger partial charge in [-0.15, -0.1) is 0 Å². The smallest absolute Gasteiger partial charge is 0.201 e. The SMILES string of the molecule is Cc1ccc(CC(C)C)cc1-c1cc([Si](C)(C)C)c(C)c[n+]1C. The van der Waals surface area contributed by atoms with Gasteiger partial charge in [-0.3, -0.25) is 0 Å². The normalized spacial score (nSPS) is 12.0. The quantitative estimate of drug-likeness (QED) is 0.574. The van der Waals surface area contributed by atoms with Crippen molar-refractivity contribution < 1.29 is 4.57 Å².